The molecule has 2 atom stereocenters. The molecule has 0 aliphatic carbocycles. The highest BCUT2D eigenvalue weighted by molar-refractivity contribution is 4.67. The second-order valence-corrected chi connectivity index (χ2v) is 3.32. The van der Waals surface area contributed by atoms with Crippen LogP contribution in [0.15, 0.2) is 0 Å². The molecule has 0 aromatic carbocycles. The number of hydrogen-bond acceptors (Lipinski definition) is 4. The Hall–Kier alpha value is -0.160. The van der Waals surface area contributed by atoms with E-state index < -0.39 is 6.48 Å². The highest BCUT2D eigenvalue weighted by Gasteiger charge is 2.27. The molecule has 1 aliphatic rings. The van der Waals surface area contributed by atoms with Crippen molar-refractivity contribution >= 4 is 0 Å². The van der Waals surface area contributed by atoms with Gasteiger partial charge in [-0.2, -0.15) is 0 Å². The van der Waals surface area contributed by atoms with Gasteiger partial charge in [0.2, 0.25) is 0 Å². The minimum atomic E-state index is -0.444. The Morgan fingerprint density at radius 1 is 1.29 bits per heavy atom. The summed E-state index contributed by atoms with van der Waals surface area (Å²) >= 11 is 0. The molecule has 0 radical (unpaired) electrons. The molecular weight excluding hydrogens is 182 g/mol. The smallest absolute Gasteiger partial charge is 0.272 e. The van der Waals surface area contributed by atoms with Crippen molar-refractivity contribution in [2.45, 2.75) is 33.4 Å². The molecule has 4 heteroatoms. The second kappa shape index (κ2) is 6.35. The first-order valence-corrected chi connectivity index (χ1v) is 5.41. The molecule has 1 fully saturated rings. The molecule has 0 spiro atoms. The number of likely N-dealkylation sites (N-methyl/N-ethyl adjacent to an activating group) is 1. The van der Waals surface area contributed by atoms with Gasteiger partial charge < -0.3 is 19.1 Å². The number of hydrogen-bond donors (Lipinski definition) is 0. The van der Waals surface area contributed by atoms with E-state index >= 15 is 0 Å². The van der Waals surface area contributed by atoms with Gasteiger partial charge in [-0.15, -0.1) is 0 Å². The van der Waals surface area contributed by atoms with E-state index in [1.807, 2.05) is 6.92 Å². The van der Waals surface area contributed by atoms with Crippen LogP contribution in [0, 0.1) is 0 Å². The first kappa shape index (κ1) is 11.9. The van der Waals surface area contributed by atoms with Gasteiger partial charge in [0.15, 0.2) is 0 Å². The Labute approximate surface area is 86.1 Å². The highest BCUT2D eigenvalue weighted by Crippen LogP contribution is 2.13. The van der Waals surface area contributed by atoms with Crippen LogP contribution in [-0.2, 0) is 14.2 Å². The summed E-state index contributed by atoms with van der Waals surface area (Å²) in [5, 5.41) is 0. The SMILES string of the molecule is CCOC1OCC(CN(CC)CC)O1. The van der Waals surface area contributed by atoms with Crippen molar-refractivity contribution in [1.82, 2.24) is 4.90 Å². The summed E-state index contributed by atoms with van der Waals surface area (Å²) in [5.74, 6) is 0. The molecule has 0 amide bonds. The Kier molecular flexibility index (Phi) is 5.40. The predicted molar refractivity (Wildman–Crippen MR) is 54.0 cm³/mol. The molecule has 14 heavy (non-hydrogen) atoms. The monoisotopic (exact) mass is 203 g/mol. The lowest BCUT2D eigenvalue weighted by atomic mass is 10.3. The van der Waals surface area contributed by atoms with Crippen LogP contribution in [0.4, 0.5) is 0 Å². The van der Waals surface area contributed by atoms with E-state index in [1.54, 1.807) is 0 Å². The van der Waals surface area contributed by atoms with Crippen LogP contribution in [0.1, 0.15) is 20.8 Å². The van der Waals surface area contributed by atoms with Crippen molar-refractivity contribution in [3.05, 3.63) is 0 Å². The summed E-state index contributed by atoms with van der Waals surface area (Å²) in [6, 6.07) is 0. The van der Waals surface area contributed by atoms with Crippen molar-refractivity contribution in [1.29, 1.82) is 0 Å². The molecule has 1 saturated heterocycles. The van der Waals surface area contributed by atoms with E-state index in [1.165, 1.54) is 0 Å². The predicted octanol–water partition coefficient (Wildman–Crippen LogP) is 1.06. The van der Waals surface area contributed by atoms with E-state index in [0.29, 0.717) is 13.2 Å². The standard InChI is InChI=1S/C10H21NO3/c1-4-11(5-2)7-9-8-13-10(14-9)12-6-3/h9-10H,4-8H2,1-3H3. The van der Waals surface area contributed by atoms with Crippen LogP contribution in [0.5, 0.6) is 0 Å². The molecule has 0 N–H and O–H groups in total. The lowest BCUT2D eigenvalue weighted by Crippen LogP contribution is -2.33. The Morgan fingerprint density at radius 2 is 2.00 bits per heavy atom. The molecule has 4 nitrogen and oxygen atoms in total. The van der Waals surface area contributed by atoms with Crippen molar-refractivity contribution in [3.63, 3.8) is 0 Å². The molecule has 0 aromatic heterocycles. The van der Waals surface area contributed by atoms with Crippen molar-refractivity contribution in [2.24, 2.45) is 0 Å². The van der Waals surface area contributed by atoms with Crippen LogP contribution in [-0.4, -0.2) is 50.3 Å². The summed E-state index contributed by atoms with van der Waals surface area (Å²) in [5.41, 5.74) is 0. The summed E-state index contributed by atoms with van der Waals surface area (Å²) in [6.07, 6.45) is 0.159. The Morgan fingerprint density at radius 3 is 2.57 bits per heavy atom. The fraction of sp³-hybridized carbons (Fsp3) is 1.00. The maximum absolute atomic E-state index is 5.55. The van der Waals surface area contributed by atoms with Crippen molar-refractivity contribution in [3.8, 4) is 0 Å². The third-order valence-corrected chi connectivity index (χ3v) is 2.38. The summed E-state index contributed by atoms with van der Waals surface area (Å²) in [4.78, 5) is 2.32. The van der Waals surface area contributed by atoms with Gasteiger partial charge in [-0.05, 0) is 20.0 Å². The number of rotatable bonds is 6. The number of ether oxygens (including phenoxy) is 3. The second-order valence-electron chi connectivity index (χ2n) is 3.32. The first-order valence-electron chi connectivity index (χ1n) is 5.41. The van der Waals surface area contributed by atoms with Crippen LogP contribution in [0.25, 0.3) is 0 Å². The largest absolute Gasteiger partial charge is 0.330 e. The zero-order valence-corrected chi connectivity index (χ0v) is 9.36. The minimum Gasteiger partial charge on any atom is -0.330 e. The summed E-state index contributed by atoms with van der Waals surface area (Å²) in [7, 11) is 0. The van der Waals surface area contributed by atoms with Gasteiger partial charge in [-0.1, -0.05) is 13.8 Å². The zero-order valence-electron chi connectivity index (χ0n) is 9.36. The zero-order chi connectivity index (χ0) is 10.4. The topological polar surface area (TPSA) is 30.9 Å². The highest BCUT2D eigenvalue weighted by atomic mass is 16.9. The molecule has 1 heterocycles. The molecule has 0 bridgehead atoms. The molecule has 0 saturated carbocycles. The van der Waals surface area contributed by atoms with Gasteiger partial charge in [-0.25, -0.2) is 0 Å². The molecular formula is C10H21NO3. The molecule has 0 aromatic rings. The van der Waals surface area contributed by atoms with Gasteiger partial charge in [0.05, 0.1) is 12.7 Å². The molecule has 1 rings (SSSR count). The fourth-order valence-corrected chi connectivity index (χ4v) is 1.51. The molecule has 1 aliphatic heterocycles. The Balaban J connectivity index is 2.21. The van der Waals surface area contributed by atoms with Gasteiger partial charge in [-0.3, -0.25) is 0 Å². The number of nitrogens with zero attached hydrogens (tertiary/aromatic N) is 1. The van der Waals surface area contributed by atoms with Gasteiger partial charge in [0, 0.05) is 13.2 Å². The van der Waals surface area contributed by atoms with E-state index in [0.717, 1.165) is 19.6 Å². The van der Waals surface area contributed by atoms with E-state index in [4.69, 9.17) is 14.2 Å². The average Bonchev–Trinajstić information content (AvgIpc) is 2.63. The lowest BCUT2D eigenvalue weighted by Gasteiger charge is -2.21. The normalized spacial score (nSPS) is 27.4. The maximum Gasteiger partial charge on any atom is 0.272 e. The van der Waals surface area contributed by atoms with Gasteiger partial charge >= 0.3 is 0 Å². The van der Waals surface area contributed by atoms with Crippen LogP contribution in [0.3, 0.4) is 0 Å². The average molecular weight is 203 g/mol. The Bertz CT molecular complexity index is 150. The molecule has 2 unspecified atom stereocenters. The third kappa shape index (κ3) is 3.53. The first-order chi connectivity index (χ1) is 6.80. The van der Waals surface area contributed by atoms with E-state index in [9.17, 15) is 0 Å². The van der Waals surface area contributed by atoms with Crippen LogP contribution >= 0.6 is 0 Å². The summed E-state index contributed by atoms with van der Waals surface area (Å²) < 4.78 is 16.1. The third-order valence-electron chi connectivity index (χ3n) is 2.38. The van der Waals surface area contributed by atoms with Crippen LogP contribution < -0.4 is 0 Å². The quantitative estimate of drug-likeness (QED) is 0.646. The van der Waals surface area contributed by atoms with Crippen LogP contribution in [0.2, 0.25) is 0 Å². The molecule has 84 valence electrons. The fourth-order valence-electron chi connectivity index (χ4n) is 1.51. The van der Waals surface area contributed by atoms with Gasteiger partial charge in [0.1, 0.15) is 0 Å². The van der Waals surface area contributed by atoms with E-state index in [2.05, 4.69) is 18.7 Å². The van der Waals surface area contributed by atoms with Crippen molar-refractivity contribution in [2.75, 3.05) is 32.8 Å². The summed E-state index contributed by atoms with van der Waals surface area (Å²) in [6.45, 7) is 10.1. The maximum atomic E-state index is 5.55. The van der Waals surface area contributed by atoms with E-state index in [-0.39, 0.29) is 6.10 Å². The lowest BCUT2D eigenvalue weighted by molar-refractivity contribution is -0.235. The van der Waals surface area contributed by atoms with Gasteiger partial charge in [0.25, 0.3) is 6.48 Å². The van der Waals surface area contributed by atoms with Crippen molar-refractivity contribution < 1.29 is 14.2 Å². The minimum absolute atomic E-state index is 0.159.